The van der Waals surface area contributed by atoms with Gasteiger partial charge in [-0.3, -0.25) is 19.8 Å². The summed E-state index contributed by atoms with van der Waals surface area (Å²) in [5.41, 5.74) is 2.82. The molecule has 3 aromatic carbocycles. The van der Waals surface area contributed by atoms with Crippen molar-refractivity contribution in [2.75, 3.05) is 42.9 Å². The third-order valence-electron chi connectivity index (χ3n) is 5.58. The molecule has 1 aliphatic rings. The van der Waals surface area contributed by atoms with Crippen molar-refractivity contribution in [3.05, 3.63) is 88.5 Å². The second-order valence-corrected chi connectivity index (χ2v) is 8.00. The number of para-hydroxylation sites is 2. The van der Waals surface area contributed by atoms with E-state index < -0.39 is 4.92 Å². The minimum absolute atomic E-state index is 0.0840. The molecule has 170 valence electrons. The van der Waals surface area contributed by atoms with E-state index in [9.17, 15) is 14.9 Å². The Balaban J connectivity index is 1.30. The van der Waals surface area contributed by atoms with E-state index in [4.69, 9.17) is 4.74 Å². The molecular formula is C25H26N4O4. The van der Waals surface area contributed by atoms with E-state index in [1.165, 1.54) is 12.1 Å². The normalized spacial score (nSPS) is 14.0. The molecule has 0 bridgehead atoms. The molecule has 1 fully saturated rings. The number of nitrogens with one attached hydrogen (secondary N) is 1. The Kier molecular flexibility index (Phi) is 6.85. The van der Waals surface area contributed by atoms with Crippen molar-refractivity contribution >= 4 is 23.0 Å². The molecule has 0 atom stereocenters. The lowest BCUT2D eigenvalue weighted by Gasteiger charge is -2.35. The van der Waals surface area contributed by atoms with E-state index >= 15 is 0 Å². The van der Waals surface area contributed by atoms with Gasteiger partial charge in [0.2, 0.25) is 5.91 Å². The summed E-state index contributed by atoms with van der Waals surface area (Å²) in [6.45, 7) is 5.25. The van der Waals surface area contributed by atoms with E-state index in [1.54, 1.807) is 12.1 Å². The van der Waals surface area contributed by atoms with Crippen molar-refractivity contribution in [3.8, 4) is 11.5 Å². The number of carbonyl (C=O) groups is 1. The summed E-state index contributed by atoms with van der Waals surface area (Å²) in [6.07, 6.45) is 0. The molecule has 1 aliphatic heterocycles. The fraction of sp³-hybridized carbons (Fsp3) is 0.240. The predicted octanol–water partition coefficient (Wildman–Crippen LogP) is 4.46. The average molecular weight is 447 g/mol. The Morgan fingerprint density at radius 3 is 2.30 bits per heavy atom. The third-order valence-corrected chi connectivity index (χ3v) is 5.58. The number of benzene rings is 3. The topological polar surface area (TPSA) is 88.0 Å². The zero-order chi connectivity index (χ0) is 23.2. The highest BCUT2D eigenvalue weighted by molar-refractivity contribution is 5.93. The van der Waals surface area contributed by atoms with E-state index in [0.717, 1.165) is 37.4 Å². The molecular weight excluding hydrogens is 420 g/mol. The smallest absolute Gasteiger partial charge is 0.269 e. The molecule has 1 N–H and O–H groups in total. The molecule has 0 unspecified atom stereocenters. The quantitative estimate of drug-likeness (QED) is 0.426. The average Bonchev–Trinajstić information content (AvgIpc) is 2.82. The van der Waals surface area contributed by atoms with Gasteiger partial charge in [0.1, 0.15) is 5.75 Å². The lowest BCUT2D eigenvalue weighted by Crippen LogP contribution is -2.48. The number of ether oxygens (including phenoxy) is 1. The predicted molar refractivity (Wildman–Crippen MR) is 128 cm³/mol. The van der Waals surface area contributed by atoms with Crippen LogP contribution in [0.25, 0.3) is 0 Å². The van der Waals surface area contributed by atoms with Gasteiger partial charge in [0, 0.05) is 44.0 Å². The monoisotopic (exact) mass is 446 g/mol. The summed E-state index contributed by atoms with van der Waals surface area (Å²) in [7, 11) is 0. The number of nitro benzene ring substituents is 1. The van der Waals surface area contributed by atoms with Crippen molar-refractivity contribution in [1.29, 1.82) is 0 Å². The van der Waals surface area contributed by atoms with Crippen molar-refractivity contribution in [2.24, 2.45) is 0 Å². The zero-order valence-corrected chi connectivity index (χ0v) is 18.4. The molecule has 0 radical (unpaired) electrons. The first-order valence-corrected chi connectivity index (χ1v) is 10.8. The second-order valence-electron chi connectivity index (χ2n) is 8.00. The summed E-state index contributed by atoms with van der Waals surface area (Å²) >= 11 is 0. The maximum Gasteiger partial charge on any atom is 0.269 e. The van der Waals surface area contributed by atoms with E-state index in [-0.39, 0.29) is 18.1 Å². The van der Waals surface area contributed by atoms with Gasteiger partial charge in [0.15, 0.2) is 5.75 Å². The minimum atomic E-state index is -0.399. The Hall–Kier alpha value is -3.91. The summed E-state index contributed by atoms with van der Waals surface area (Å²) in [6, 6.07) is 21.7. The minimum Gasteiger partial charge on any atom is -0.455 e. The SMILES string of the molecule is Cc1ccc(Oc2ccccc2NC(=O)CN2CCN(c3ccc([N+](=O)[O-])cc3)CC2)cc1. The van der Waals surface area contributed by atoms with Gasteiger partial charge in [0.05, 0.1) is 17.2 Å². The summed E-state index contributed by atoms with van der Waals surface area (Å²) < 4.78 is 5.96. The maximum atomic E-state index is 12.7. The van der Waals surface area contributed by atoms with Crippen LogP contribution in [0.3, 0.4) is 0 Å². The number of hydrogen-bond acceptors (Lipinski definition) is 6. The maximum absolute atomic E-state index is 12.7. The largest absolute Gasteiger partial charge is 0.455 e. The van der Waals surface area contributed by atoms with Crippen LogP contribution >= 0.6 is 0 Å². The first-order chi connectivity index (χ1) is 16.0. The number of nitro groups is 1. The van der Waals surface area contributed by atoms with Gasteiger partial charge in [-0.25, -0.2) is 0 Å². The van der Waals surface area contributed by atoms with Gasteiger partial charge in [-0.2, -0.15) is 0 Å². The zero-order valence-electron chi connectivity index (χ0n) is 18.4. The highest BCUT2D eigenvalue weighted by Gasteiger charge is 2.20. The van der Waals surface area contributed by atoms with Crippen LogP contribution < -0.4 is 15.0 Å². The highest BCUT2D eigenvalue weighted by Crippen LogP contribution is 2.29. The third kappa shape index (κ3) is 5.87. The number of piperazine rings is 1. The number of non-ortho nitro benzene ring substituents is 1. The molecule has 0 spiro atoms. The standard InChI is InChI=1S/C25H26N4O4/c1-19-6-12-22(13-7-19)33-24-5-3-2-4-23(24)26-25(30)18-27-14-16-28(17-15-27)20-8-10-21(11-9-20)29(31)32/h2-13H,14-18H2,1H3,(H,26,30). The van der Waals surface area contributed by atoms with E-state index in [2.05, 4.69) is 15.1 Å². The van der Waals surface area contributed by atoms with Crippen LogP contribution in [-0.2, 0) is 4.79 Å². The lowest BCUT2D eigenvalue weighted by molar-refractivity contribution is -0.384. The molecule has 1 heterocycles. The summed E-state index contributed by atoms with van der Waals surface area (Å²) in [5.74, 6) is 1.21. The Morgan fingerprint density at radius 1 is 0.970 bits per heavy atom. The summed E-state index contributed by atoms with van der Waals surface area (Å²) in [4.78, 5) is 27.4. The molecule has 1 amide bonds. The number of rotatable bonds is 7. The van der Waals surface area contributed by atoms with Crippen molar-refractivity contribution < 1.29 is 14.5 Å². The van der Waals surface area contributed by atoms with Crippen LogP contribution in [0.1, 0.15) is 5.56 Å². The van der Waals surface area contributed by atoms with Crippen LogP contribution in [0.5, 0.6) is 11.5 Å². The van der Waals surface area contributed by atoms with Crippen LogP contribution in [0.4, 0.5) is 17.1 Å². The number of anilines is 2. The van der Waals surface area contributed by atoms with Gasteiger partial charge in [-0.05, 0) is 43.3 Å². The first kappa shape index (κ1) is 22.3. The van der Waals surface area contributed by atoms with Crippen LogP contribution in [0.2, 0.25) is 0 Å². The van der Waals surface area contributed by atoms with Gasteiger partial charge >= 0.3 is 0 Å². The first-order valence-electron chi connectivity index (χ1n) is 10.8. The molecule has 33 heavy (non-hydrogen) atoms. The molecule has 4 rings (SSSR count). The molecule has 0 aliphatic carbocycles. The van der Waals surface area contributed by atoms with Crippen LogP contribution in [0, 0.1) is 17.0 Å². The number of nitrogens with zero attached hydrogens (tertiary/aromatic N) is 3. The second kappa shape index (κ2) is 10.1. The number of carbonyl (C=O) groups excluding carboxylic acids is 1. The molecule has 0 aromatic heterocycles. The number of amides is 1. The van der Waals surface area contributed by atoms with Crippen molar-refractivity contribution in [3.63, 3.8) is 0 Å². The number of aryl methyl sites for hydroxylation is 1. The highest BCUT2D eigenvalue weighted by atomic mass is 16.6. The van der Waals surface area contributed by atoms with Crippen molar-refractivity contribution in [2.45, 2.75) is 6.92 Å². The Bertz CT molecular complexity index is 1110. The lowest BCUT2D eigenvalue weighted by atomic mass is 10.2. The van der Waals surface area contributed by atoms with Gasteiger partial charge in [-0.1, -0.05) is 29.8 Å². The van der Waals surface area contributed by atoms with Gasteiger partial charge < -0.3 is 15.0 Å². The Morgan fingerprint density at radius 2 is 1.64 bits per heavy atom. The van der Waals surface area contributed by atoms with Crippen LogP contribution in [0.15, 0.2) is 72.8 Å². The molecule has 3 aromatic rings. The van der Waals surface area contributed by atoms with E-state index in [0.29, 0.717) is 17.2 Å². The van der Waals surface area contributed by atoms with Crippen LogP contribution in [-0.4, -0.2) is 48.5 Å². The van der Waals surface area contributed by atoms with E-state index in [1.807, 2.05) is 55.5 Å². The van der Waals surface area contributed by atoms with Gasteiger partial charge in [-0.15, -0.1) is 0 Å². The molecule has 8 heteroatoms. The molecule has 0 saturated carbocycles. The van der Waals surface area contributed by atoms with Crippen molar-refractivity contribution in [1.82, 2.24) is 4.90 Å². The fourth-order valence-electron chi connectivity index (χ4n) is 3.73. The fourth-order valence-corrected chi connectivity index (χ4v) is 3.73. The molecule has 8 nitrogen and oxygen atoms in total. The summed E-state index contributed by atoms with van der Waals surface area (Å²) in [5, 5.41) is 13.8. The number of hydrogen-bond donors (Lipinski definition) is 1. The molecule has 1 saturated heterocycles. The Labute approximate surface area is 192 Å². The van der Waals surface area contributed by atoms with Gasteiger partial charge in [0.25, 0.3) is 5.69 Å².